The van der Waals surface area contributed by atoms with Crippen LogP contribution in [0.1, 0.15) is 0 Å². The summed E-state index contributed by atoms with van der Waals surface area (Å²) < 4.78 is 1.09. The van der Waals surface area contributed by atoms with Crippen LogP contribution in [0.2, 0.25) is 0 Å². The quantitative estimate of drug-likeness (QED) is 0.588. The molecule has 0 aliphatic heterocycles. The van der Waals surface area contributed by atoms with Gasteiger partial charge in [0.15, 0.2) is 0 Å². The molecule has 2 rings (SSSR count). The van der Waals surface area contributed by atoms with Crippen LogP contribution in [0.15, 0.2) is 36.5 Å². The first-order valence-corrected chi connectivity index (χ1v) is 4.24. The monoisotopic (exact) mass is 208 g/mol. The second-order valence-electron chi connectivity index (χ2n) is 2.36. The maximum absolute atomic E-state index is 4.25. The second-order valence-corrected chi connectivity index (χ2v) is 3.35. The van der Waals surface area contributed by atoms with Gasteiger partial charge in [0.25, 0.3) is 0 Å². The van der Waals surface area contributed by atoms with Crippen LogP contribution in [0.4, 0.5) is 0 Å². The fourth-order valence-electron chi connectivity index (χ4n) is 1.05. The topological polar surface area (TPSA) is 12.9 Å². The van der Waals surface area contributed by atoms with Crippen molar-refractivity contribution in [2.75, 3.05) is 0 Å². The molecule has 1 nitrogen and oxygen atoms in total. The summed E-state index contributed by atoms with van der Waals surface area (Å²) in [6.45, 7) is 0. The van der Waals surface area contributed by atoms with Crippen molar-refractivity contribution in [2.24, 2.45) is 0 Å². The van der Waals surface area contributed by atoms with E-state index in [9.17, 15) is 0 Å². The second kappa shape index (κ2) is 2.65. The molecule has 0 saturated heterocycles. The molecule has 2 heteroatoms. The van der Waals surface area contributed by atoms with Gasteiger partial charge in [0.05, 0.1) is 0 Å². The molecule has 0 atom stereocenters. The average molecular weight is 207 g/mol. The molecule has 0 fully saturated rings. The van der Waals surface area contributed by atoms with Gasteiger partial charge in [-0.3, -0.25) is 0 Å². The van der Waals surface area contributed by atoms with E-state index in [0.29, 0.717) is 0 Å². The fraction of sp³-hybridized carbons (Fsp3) is 0. The molecule has 1 radical (unpaired) electrons. The van der Waals surface area contributed by atoms with Gasteiger partial charge < -0.3 is 0 Å². The molecule has 1 aromatic heterocycles. The summed E-state index contributed by atoms with van der Waals surface area (Å²) >= 11 is 2.93. The van der Waals surface area contributed by atoms with Gasteiger partial charge in [-0.15, -0.1) is 0 Å². The molecule has 0 spiro atoms. The van der Waals surface area contributed by atoms with E-state index in [-0.39, 0.29) is 0 Å². The van der Waals surface area contributed by atoms with Crippen molar-refractivity contribution in [3.05, 3.63) is 36.5 Å². The molecule has 0 amide bonds. The SMILES string of the molecule is [Se]c1cnc2ccccc2c1. The van der Waals surface area contributed by atoms with Crippen LogP contribution in [-0.4, -0.2) is 21.0 Å². The molecule has 0 N–H and O–H groups in total. The Morgan fingerprint density at radius 2 is 2.00 bits per heavy atom. The standard InChI is InChI=1S/C9H6NSe/c11-8-5-7-3-1-2-4-9(7)10-6-8/h1-6H. The van der Waals surface area contributed by atoms with Crippen LogP contribution in [-0.2, 0) is 0 Å². The molecular formula is C9H6NSe. The van der Waals surface area contributed by atoms with Gasteiger partial charge in [0.1, 0.15) is 0 Å². The third-order valence-corrected chi connectivity index (χ3v) is 2.03. The normalized spacial score (nSPS) is 10.2. The zero-order chi connectivity index (χ0) is 7.68. The zero-order valence-electron chi connectivity index (χ0n) is 5.82. The van der Waals surface area contributed by atoms with Crippen molar-refractivity contribution < 1.29 is 0 Å². The molecule has 0 aliphatic rings. The Kier molecular flexibility index (Phi) is 1.65. The Hall–Kier alpha value is -0.851. The van der Waals surface area contributed by atoms with Gasteiger partial charge in [-0.1, -0.05) is 0 Å². The van der Waals surface area contributed by atoms with E-state index in [4.69, 9.17) is 0 Å². The Morgan fingerprint density at radius 1 is 1.18 bits per heavy atom. The minimum absolute atomic E-state index is 1.05. The molecule has 1 aromatic carbocycles. The Bertz CT molecular complexity index is 384. The average Bonchev–Trinajstić information content (AvgIpc) is 2.04. The molecule has 0 unspecified atom stereocenters. The molecule has 0 aliphatic carbocycles. The van der Waals surface area contributed by atoms with Crippen LogP contribution in [0, 0.1) is 0 Å². The predicted octanol–water partition coefficient (Wildman–Crippen LogP) is 1.03. The van der Waals surface area contributed by atoms with E-state index in [2.05, 4.69) is 33.1 Å². The summed E-state index contributed by atoms with van der Waals surface area (Å²) in [6, 6.07) is 10.2. The summed E-state index contributed by atoms with van der Waals surface area (Å²) in [4.78, 5) is 4.25. The summed E-state index contributed by atoms with van der Waals surface area (Å²) in [7, 11) is 0. The summed E-state index contributed by atoms with van der Waals surface area (Å²) in [5.41, 5.74) is 1.05. The number of fused-ring (bicyclic) bond motifs is 1. The van der Waals surface area contributed by atoms with Gasteiger partial charge in [-0.25, -0.2) is 0 Å². The molecule has 0 saturated carbocycles. The number of para-hydroxylation sites is 1. The summed E-state index contributed by atoms with van der Waals surface area (Å²) in [5, 5.41) is 1.18. The van der Waals surface area contributed by atoms with Crippen molar-refractivity contribution in [3.8, 4) is 0 Å². The van der Waals surface area contributed by atoms with Crippen molar-refractivity contribution in [3.63, 3.8) is 0 Å². The Morgan fingerprint density at radius 3 is 2.91 bits per heavy atom. The summed E-state index contributed by atoms with van der Waals surface area (Å²) in [5.74, 6) is 0. The van der Waals surface area contributed by atoms with Crippen LogP contribution >= 0.6 is 0 Å². The van der Waals surface area contributed by atoms with Crippen molar-refractivity contribution in [1.29, 1.82) is 0 Å². The number of hydrogen-bond acceptors (Lipinski definition) is 1. The van der Waals surface area contributed by atoms with E-state index in [1.165, 1.54) is 5.39 Å². The van der Waals surface area contributed by atoms with Gasteiger partial charge in [-0.2, -0.15) is 0 Å². The number of benzene rings is 1. The van der Waals surface area contributed by atoms with Crippen molar-refractivity contribution in [2.45, 2.75) is 0 Å². The first-order valence-electron chi connectivity index (χ1n) is 3.38. The van der Waals surface area contributed by atoms with Crippen molar-refractivity contribution >= 4 is 31.4 Å². The minimum atomic E-state index is 1.05. The van der Waals surface area contributed by atoms with Gasteiger partial charge in [0.2, 0.25) is 0 Å². The van der Waals surface area contributed by atoms with Gasteiger partial charge in [-0.05, 0) is 0 Å². The fourth-order valence-corrected chi connectivity index (χ4v) is 1.43. The Balaban J connectivity index is 2.83. The number of rotatable bonds is 0. The van der Waals surface area contributed by atoms with E-state index < -0.39 is 0 Å². The number of hydrogen-bond donors (Lipinski definition) is 0. The van der Waals surface area contributed by atoms with E-state index in [1.54, 1.807) is 0 Å². The number of pyridine rings is 1. The molecule has 2 aromatic rings. The number of nitrogens with zero attached hydrogens (tertiary/aromatic N) is 1. The van der Waals surface area contributed by atoms with E-state index >= 15 is 0 Å². The molecular weight excluding hydrogens is 201 g/mol. The van der Waals surface area contributed by atoms with Crippen LogP contribution < -0.4 is 4.46 Å². The first-order chi connectivity index (χ1) is 5.36. The molecule has 53 valence electrons. The first kappa shape index (κ1) is 6.83. The van der Waals surface area contributed by atoms with Gasteiger partial charge in [0, 0.05) is 0 Å². The van der Waals surface area contributed by atoms with Gasteiger partial charge >= 0.3 is 72.9 Å². The van der Waals surface area contributed by atoms with Crippen molar-refractivity contribution in [1.82, 2.24) is 4.98 Å². The third-order valence-electron chi connectivity index (χ3n) is 1.57. The number of aromatic nitrogens is 1. The maximum atomic E-state index is 4.25. The molecule has 1 heterocycles. The predicted molar refractivity (Wildman–Crippen MR) is 47.1 cm³/mol. The third kappa shape index (κ3) is 1.28. The van der Waals surface area contributed by atoms with Crippen LogP contribution in [0.3, 0.4) is 0 Å². The zero-order valence-corrected chi connectivity index (χ0v) is 7.53. The molecule has 0 bridgehead atoms. The summed E-state index contributed by atoms with van der Waals surface area (Å²) in [6.07, 6.45) is 1.84. The van der Waals surface area contributed by atoms with E-state index in [1.807, 2.05) is 24.4 Å². The van der Waals surface area contributed by atoms with Crippen LogP contribution in [0.25, 0.3) is 10.9 Å². The van der Waals surface area contributed by atoms with E-state index in [0.717, 1.165) is 9.98 Å². The van der Waals surface area contributed by atoms with Crippen LogP contribution in [0.5, 0.6) is 0 Å². The Labute approximate surface area is 73.3 Å². The molecule has 11 heavy (non-hydrogen) atoms.